The van der Waals surface area contributed by atoms with Gasteiger partial charge in [-0.1, -0.05) is 15.9 Å². The second kappa shape index (κ2) is 6.04. The van der Waals surface area contributed by atoms with Gasteiger partial charge in [-0.05, 0) is 37.5 Å². The molecule has 1 unspecified atom stereocenters. The minimum atomic E-state index is 0.188. The van der Waals surface area contributed by atoms with E-state index in [1.807, 2.05) is 6.07 Å². The van der Waals surface area contributed by atoms with Crippen LogP contribution in [0.2, 0.25) is 0 Å². The van der Waals surface area contributed by atoms with Gasteiger partial charge in [-0.15, -0.1) is 0 Å². The van der Waals surface area contributed by atoms with Gasteiger partial charge in [-0.3, -0.25) is 0 Å². The van der Waals surface area contributed by atoms with Crippen LogP contribution in [0.15, 0.2) is 22.7 Å². The van der Waals surface area contributed by atoms with Crippen molar-refractivity contribution in [3.05, 3.63) is 28.2 Å². The normalized spacial score (nSPS) is 19.6. The molecule has 2 rings (SSSR count). The van der Waals surface area contributed by atoms with Crippen molar-refractivity contribution in [1.82, 2.24) is 0 Å². The molecule has 1 saturated heterocycles. The topological polar surface area (TPSA) is 42.2 Å². The summed E-state index contributed by atoms with van der Waals surface area (Å²) in [6.07, 6.45) is 3.59. The van der Waals surface area contributed by atoms with Crippen molar-refractivity contribution in [3.63, 3.8) is 0 Å². The summed E-state index contributed by atoms with van der Waals surface area (Å²) < 4.78 is 12.1. The predicted octanol–water partition coefficient (Wildman–Crippen LogP) is 3.27. The van der Waals surface area contributed by atoms with E-state index < -0.39 is 0 Å². The zero-order chi connectivity index (χ0) is 12.1. The van der Waals surface area contributed by atoms with Crippen LogP contribution in [0.3, 0.4) is 0 Å². The van der Waals surface area contributed by atoms with E-state index in [1.165, 1.54) is 6.42 Å². The summed E-state index contributed by atoms with van der Waals surface area (Å²) in [6.45, 7) is 1.39. The molecule has 1 fully saturated rings. The van der Waals surface area contributed by atoms with Crippen molar-refractivity contribution in [3.8, 4) is 11.8 Å². The fourth-order valence-corrected chi connectivity index (χ4v) is 2.31. The molecule has 0 N–H and O–H groups in total. The van der Waals surface area contributed by atoms with E-state index in [4.69, 9.17) is 14.7 Å². The van der Waals surface area contributed by atoms with Gasteiger partial charge in [0.1, 0.15) is 12.4 Å². The molecule has 0 bridgehead atoms. The highest BCUT2D eigenvalue weighted by molar-refractivity contribution is 9.10. The minimum absolute atomic E-state index is 0.188. The monoisotopic (exact) mass is 295 g/mol. The molecular formula is C13H14BrNO2. The molecule has 0 radical (unpaired) electrons. The van der Waals surface area contributed by atoms with Gasteiger partial charge in [0.25, 0.3) is 0 Å². The molecule has 0 spiro atoms. The Morgan fingerprint density at radius 3 is 3.00 bits per heavy atom. The van der Waals surface area contributed by atoms with Crippen molar-refractivity contribution in [2.24, 2.45) is 0 Å². The lowest BCUT2D eigenvalue weighted by molar-refractivity contribution is -0.0110. The van der Waals surface area contributed by atoms with E-state index in [0.29, 0.717) is 17.9 Å². The van der Waals surface area contributed by atoms with Gasteiger partial charge in [-0.25, -0.2) is 0 Å². The van der Waals surface area contributed by atoms with E-state index in [9.17, 15) is 0 Å². The third kappa shape index (κ3) is 3.72. The molecule has 1 aromatic rings. The Kier molecular flexibility index (Phi) is 4.41. The van der Waals surface area contributed by atoms with Crippen molar-refractivity contribution >= 4 is 15.9 Å². The van der Waals surface area contributed by atoms with Gasteiger partial charge in [0.05, 0.1) is 17.7 Å². The lowest BCUT2D eigenvalue weighted by Crippen LogP contribution is -2.25. The Bertz CT molecular complexity index is 422. The Labute approximate surface area is 109 Å². The number of nitriles is 1. The highest BCUT2D eigenvalue weighted by atomic mass is 79.9. The van der Waals surface area contributed by atoms with E-state index in [1.54, 1.807) is 12.1 Å². The van der Waals surface area contributed by atoms with Gasteiger partial charge >= 0.3 is 0 Å². The first-order valence-electron chi connectivity index (χ1n) is 5.73. The van der Waals surface area contributed by atoms with Crippen LogP contribution in [0.25, 0.3) is 0 Å². The maximum atomic E-state index is 8.85. The van der Waals surface area contributed by atoms with E-state index in [0.717, 1.165) is 23.9 Å². The van der Waals surface area contributed by atoms with Gasteiger partial charge in [0.2, 0.25) is 0 Å². The van der Waals surface area contributed by atoms with Gasteiger partial charge < -0.3 is 9.47 Å². The molecule has 3 nitrogen and oxygen atoms in total. The van der Waals surface area contributed by atoms with Gasteiger partial charge in [0, 0.05) is 11.1 Å². The molecule has 1 aliphatic heterocycles. The summed E-state index contributed by atoms with van der Waals surface area (Å²) in [5, 5.41) is 8.85. The third-order valence-electron chi connectivity index (χ3n) is 2.71. The first-order chi connectivity index (χ1) is 8.28. The fraction of sp³-hybridized carbons (Fsp3) is 0.462. The average molecular weight is 296 g/mol. The van der Waals surface area contributed by atoms with Crippen molar-refractivity contribution in [2.45, 2.75) is 25.4 Å². The van der Waals surface area contributed by atoms with Crippen LogP contribution < -0.4 is 4.74 Å². The molecule has 0 amide bonds. The number of benzene rings is 1. The van der Waals surface area contributed by atoms with Crippen LogP contribution in [0, 0.1) is 11.3 Å². The molecule has 1 heterocycles. The number of halogens is 1. The standard InChI is InChI=1S/C13H14BrNO2/c14-11-5-10(8-15)6-13(7-11)17-9-12-3-1-2-4-16-12/h5-7,12H,1-4,9H2. The third-order valence-corrected chi connectivity index (χ3v) is 3.17. The van der Waals surface area contributed by atoms with Crippen molar-refractivity contribution < 1.29 is 9.47 Å². The average Bonchev–Trinajstić information content (AvgIpc) is 2.37. The van der Waals surface area contributed by atoms with Crippen LogP contribution in [-0.4, -0.2) is 19.3 Å². The summed E-state index contributed by atoms with van der Waals surface area (Å²) >= 11 is 3.36. The second-order valence-corrected chi connectivity index (χ2v) is 5.00. The zero-order valence-corrected chi connectivity index (χ0v) is 11.1. The molecule has 1 aromatic carbocycles. The second-order valence-electron chi connectivity index (χ2n) is 4.09. The number of nitrogens with zero attached hydrogens (tertiary/aromatic N) is 1. The van der Waals surface area contributed by atoms with Crippen LogP contribution in [0.4, 0.5) is 0 Å². The maximum absolute atomic E-state index is 8.85. The number of rotatable bonds is 3. The van der Waals surface area contributed by atoms with Gasteiger partial charge in [0.15, 0.2) is 0 Å². The summed E-state index contributed by atoms with van der Waals surface area (Å²) in [6, 6.07) is 7.48. The Hall–Kier alpha value is -1.05. The highest BCUT2D eigenvalue weighted by Gasteiger charge is 2.14. The fourth-order valence-electron chi connectivity index (χ4n) is 1.84. The van der Waals surface area contributed by atoms with Crippen LogP contribution in [0.1, 0.15) is 24.8 Å². The number of hydrogen-bond donors (Lipinski definition) is 0. The number of hydrogen-bond acceptors (Lipinski definition) is 3. The van der Waals surface area contributed by atoms with Crippen LogP contribution >= 0.6 is 15.9 Å². The van der Waals surface area contributed by atoms with Crippen molar-refractivity contribution in [1.29, 1.82) is 5.26 Å². The maximum Gasteiger partial charge on any atom is 0.121 e. The van der Waals surface area contributed by atoms with E-state index in [-0.39, 0.29) is 6.10 Å². The molecule has 1 aliphatic rings. The molecule has 0 aromatic heterocycles. The molecular weight excluding hydrogens is 282 g/mol. The molecule has 1 atom stereocenters. The van der Waals surface area contributed by atoms with E-state index in [2.05, 4.69) is 22.0 Å². The first kappa shape index (κ1) is 12.4. The first-order valence-corrected chi connectivity index (χ1v) is 6.52. The minimum Gasteiger partial charge on any atom is -0.491 e. The summed E-state index contributed by atoms with van der Waals surface area (Å²) in [5.74, 6) is 0.713. The molecule has 4 heteroatoms. The smallest absolute Gasteiger partial charge is 0.121 e. The summed E-state index contributed by atoms with van der Waals surface area (Å²) in [5.41, 5.74) is 0.596. The molecule has 0 saturated carbocycles. The van der Waals surface area contributed by atoms with Crippen LogP contribution in [-0.2, 0) is 4.74 Å². The van der Waals surface area contributed by atoms with Crippen molar-refractivity contribution in [2.75, 3.05) is 13.2 Å². The Balaban J connectivity index is 1.94. The summed E-state index contributed by atoms with van der Waals surface area (Å²) in [7, 11) is 0. The Morgan fingerprint density at radius 2 is 2.29 bits per heavy atom. The lowest BCUT2D eigenvalue weighted by atomic mass is 10.1. The number of ether oxygens (including phenoxy) is 2. The quantitative estimate of drug-likeness (QED) is 0.859. The summed E-state index contributed by atoms with van der Waals surface area (Å²) in [4.78, 5) is 0. The largest absolute Gasteiger partial charge is 0.491 e. The molecule has 17 heavy (non-hydrogen) atoms. The molecule has 0 aliphatic carbocycles. The molecule has 90 valence electrons. The predicted molar refractivity (Wildman–Crippen MR) is 67.9 cm³/mol. The van der Waals surface area contributed by atoms with Gasteiger partial charge in [-0.2, -0.15) is 5.26 Å². The zero-order valence-electron chi connectivity index (χ0n) is 9.49. The van der Waals surface area contributed by atoms with Crippen LogP contribution in [0.5, 0.6) is 5.75 Å². The Morgan fingerprint density at radius 1 is 1.41 bits per heavy atom. The SMILES string of the molecule is N#Cc1cc(Br)cc(OCC2CCCCO2)c1. The highest BCUT2D eigenvalue weighted by Crippen LogP contribution is 2.22. The lowest BCUT2D eigenvalue weighted by Gasteiger charge is -2.22. The van der Waals surface area contributed by atoms with E-state index >= 15 is 0 Å².